The van der Waals surface area contributed by atoms with Gasteiger partial charge in [-0.3, -0.25) is 4.79 Å². The van der Waals surface area contributed by atoms with Crippen LogP contribution >= 0.6 is 11.3 Å². The number of benzene rings is 2. The van der Waals surface area contributed by atoms with Crippen molar-refractivity contribution in [2.75, 3.05) is 5.32 Å². The summed E-state index contributed by atoms with van der Waals surface area (Å²) in [5.41, 5.74) is 6.72. The number of aromatic nitrogens is 3. The van der Waals surface area contributed by atoms with E-state index in [4.69, 9.17) is 4.98 Å². The predicted molar refractivity (Wildman–Crippen MR) is 118 cm³/mol. The number of carbonyl (C=O) groups is 1. The van der Waals surface area contributed by atoms with Crippen LogP contribution in [0.4, 0.5) is 5.82 Å². The molecular formula is C23H22N4OS. The summed E-state index contributed by atoms with van der Waals surface area (Å²) in [6.45, 7) is 7.94. The normalized spacial score (nSPS) is 10.9. The Balaban J connectivity index is 1.63. The van der Waals surface area contributed by atoms with Gasteiger partial charge in [0.1, 0.15) is 5.82 Å². The van der Waals surface area contributed by atoms with Crippen molar-refractivity contribution in [2.24, 2.45) is 0 Å². The van der Waals surface area contributed by atoms with Crippen LogP contribution in [0.15, 0.2) is 53.9 Å². The third-order valence-corrected chi connectivity index (χ3v) is 5.39. The zero-order chi connectivity index (χ0) is 20.5. The summed E-state index contributed by atoms with van der Waals surface area (Å²) < 4.78 is 1.69. The predicted octanol–water partition coefficient (Wildman–Crippen LogP) is 5.48. The van der Waals surface area contributed by atoms with E-state index in [1.807, 2.05) is 50.4 Å². The van der Waals surface area contributed by atoms with Crippen molar-refractivity contribution in [1.29, 1.82) is 0 Å². The summed E-state index contributed by atoms with van der Waals surface area (Å²) in [5.74, 6) is 0.449. The van der Waals surface area contributed by atoms with E-state index in [1.54, 1.807) is 4.68 Å². The summed E-state index contributed by atoms with van der Waals surface area (Å²) in [5, 5.41) is 10.2. The van der Waals surface area contributed by atoms with E-state index in [2.05, 4.69) is 41.6 Å². The Bertz CT molecular complexity index is 1170. The Morgan fingerprint density at radius 1 is 0.931 bits per heavy atom. The SMILES string of the molecule is Cc1ccc(-c2csc(-n3nc(C)cc3NC(=O)c3cc(C)cc(C)c3)n2)cc1. The van der Waals surface area contributed by atoms with Crippen molar-refractivity contribution in [3.63, 3.8) is 0 Å². The maximum atomic E-state index is 12.8. The molecule has 6 heteroatoms. The highest BCUT2D eigenvalue weighted by Crippen LogP contribution is 2.27. The summed E-state index contributed by atoms with van der Waals surface area (Å²) in [4.78, 5) is 17.5. The first kappa shape index (κ1) is 19.1. The van der Waals surface area contributed by atoms with E-state index >= 15 is 0 Å². The monoisotopic (exact) mass is 402 g/mol. The van der Waals surface area contributed by atoms with Gasteiger partial charge in [-0.2, -0.15) is 9.78 Å². The van der Waals surface area contributed by atoms with Crippen LogP contribution < -0.4 is 5.32 Å². The number of aryl methyl sites for hydroxylation is 4. The number of rotatable bonds is 4. The van der Waals surface area contributed by atoms with Crippen molar-refractivity contribution >= 4 is 23.1 Å². The lowest BCUT2D eigenvalue weighted by Gasteiger charge is -2.08. The van der Waals surface area contributed by atoms with Gasteiger partial charge in [0.05, 0.1) is 11.4 Å². The molecule has 2 heterocycles. The largest absolute Gasteiger partial charge is 0.306 e. The third kappa shape index (κ3) is 4.12. The number of anilines is 1. The van der Waals surface area contributed by atoms with Gasteiger partial charge >= 0.3 is 0 Å². The molecule has 2 aromatic heterocycles. The number of hydrogen-bond acceptors (Lipinski definition) is 4. The zero-order valence-corrected chi connectivity index (χ0v) is 17.7. The molecule has 5 nitrogen and oxygen atoms in total. The molecule has 0 saturated carbocycles. The van der Waals surface area contributed by atoms with Gasteiger partial charge in [0.15, 0.2) is 0 Å². The zero-order valence-electron chi connectivity index (χ0n) is 16.9. The Kier molecular flexibility index (Phi) is 5.03. The molecule has 0 aliphatic carbocycles. The Morgan fingerprint density at radius 2 is 1.62 bits per heavy atom. The molecular weight excluding hydrogens is 380 g/mol. The number of thiazole rings is 1. The number of nitrogens with zero attached hydrogens (tertiary/aromatic N) is 3. The maximum Gasteiger partial charge on any atom is 0.256 e. The first-order chi connectivity index (χ1) is 13.9. The fourth-order valence-electron chi connectivity index (χ4n) is 3.25. The number of hydrogen-bond donors (Lipinski definition) is 1. The molecule has 0 radical (unpaired) electrons. The molecule has 1 N–H and O–H groups in total. The van der Waals surface area contributed by atoms with Crippen LogP contribution in [0.2, 0.25) is 0 Å². The summed E-state index contributed by atoms with van der Waals surface area (Å²) >= 11 is 1.50. The van der Waals surface area contributed by atoms with Crippen molar-refractivity contribution < 1.29 is 4.79 Å². The summed E-state index contributed by atoms with van der Waals surface area (Å²) in [7, 11) is 0. The molecule has 2 aromatic carbocycles. The van der Waals surface area contributed by atoms with Gasteiger partial charge in [0.2, 0.25) is 5.13 Å². The van der Waals surface area contributed by atoms with E-state index in [1.165, 1.54) is 16.9 Å². The molecule has 0 aliphatic rings. The molecule has 0 atom stereocenters. The maximum absolute atomic E-state index is 12.8. The lowest BCUT2D eigenvalue weighted by atomic mass is 10.1. The smallest absolute Gasteiger partial charge is 0.256 e. The number of nitrogens with one attached hydrogen (secondary N) is 1. The van der Waals surface area contributed by atoms with Crippen LogP contribution in [0.25, 0.3) is 16.4 Å². The van der Waals surface area contributed by atoms with Gasteiger partial charge in [-0.25, -0.2) is 4.98 Å². The molecule has 0 spiro atoms. The van der Waals surface area contributed by atoms with Gasteiger partial charge in [-0.05, 0) is 39.8 Å². The van der Waals surface area contributed by atoms with E-state index < -0.39 is 0 Å². The van der Waals surface area contributed by atoms with E-state index in [9.17, 15) is 4.79 Å². The minimum atomic E-state index is -0.159. The van der Waals surface area contributed by atoms with Crippen LogP contribution in [0.5, 0.6) is 0 Å². The van der Waals surface area contributed by atoms with Crippen LogP contribution in [0.3, 0.4) is 0 Å². The minimum Gasteiger partial charge on any atom is -0.306 e. The molecule has 0 saturated heterocycles. The standard InChI is InChI=1S/C23H22N4OS/c1-14-5-7-18(8-6-14)20-13-29-23(24-20)27-21(12-17(4)26-27)25-22(28)19-10-15(2)9-16(3)11-19/h5-13H,1-4H3,(H,25,28). The average molecular weight is 403 g/mol. The second kappa shape index (κ2) is 7.64. The van der Waals surface area contributed by atoms with Gasteiger partial charge in [-0.1, -0.05) is 47.0 Å². The highest BCUT2D eigenvalue weighted by atomic mass is 32.1. The van der Waals surface area contributed by atoms with Crippen molar-refractivity contribution in [3.05, 3.63) is 81.9 Å². The third-order valence-electron chi connectivity index (χ3n) is 4.58. The number of carbonyl (C=O) groups excluding carboxylic acids is 1. The molecule has 1 amide bonds. The van der Waals surface area contributed by atoms with Gasteiger partial charge in [0.25, 0.3) is 5.91 Å². The van der Waals surface area contributed by atoms with Gasteiger partial charge < -0.3 is 5.32 Å². The van der Waals surface area contributed by atoms with Crippen LogP contribution in [-0.2, 0) is 0 Å². The van der Waals surface area contributed by atoms with E-state index in [0.29, 0.717) is 16.5 Å². The molecule has 4 rings (SSSR count). The molecule has 0 fully saturated rings. The lowest BCUT2D eigenvalue weighted by Crippen LogP contribution is -2.15. The van der Waals surface area contributed by atoms with Crippen LogP contribution in [-0.4, -0.2) is 20.7 Å². The van der Waals surface area contributed by atoms with Crippen LogP contribution in [0, 0.1) is 27.7 Å². The lowest BCUT2D eigenvalue weighted by molar-refractivity contribution is 0.102. The Hall–Kier alpha value is -3.25. The second-order valence-corrected chi connectivity index (χ2v) is 8.13. The summed E-state index contributed by atoms with van der Waals surface area (Å²) in [6.07, 6.45) is 0. The fraction of sp³-hybridized carbons (Fsp3) is 0.174. The van der Waals surface area contributed by atoms with Gasteiger partial charge in [-0.15, -0.1) is 11.3 Å². The van der Waals surface area contributed by atoms with Crippen molar-refractivity contribution in [1.82, 2.24) is 14.8 Å². The number of amides is 1. The first-order valence-electron chi connectivity index (χ1n) is 9.38. The van der Waals surface area contributed by atoms with Crippen molar-refractivity contribution in [3.8, 4) is 16.4 Å². The highest BCUT2D eigenvalue weighted by Gasteiger charge is 2.16. The Labute approximate surface area is 174 Å². The average Bonchev–Trinajstić information content (AvgIpc) is 3.28. The van der Waals surface area contributed by atoms with Gasteiger partial charge in [0, 0.05) is 22.6 Å². The molecule has 0 aliphatic heterocycles. The first-order valence-corrected chi connectivity index (χ1v) is 10.3. The Morgan fingerprint density at radius 3 is 2.31 bits per heavy atom. The van der Waals surface area contributed by atoms with E-state index in [0.717, 1.165) is 28.1 Å². The van der Waals surface area contributed by atoms with E-state index in [-0.39, 0.29) is 5.91 Å². The fourth-order valence-corrected chi connectivity index (χ4v) is 4.04. The highest BCUT2D eigenvalue weighted by molar-refractivity contribution is 7.12. The summed E-state index contributed by atoms with van der Waals surface area (Å²) in [6, 6.07) is 15.9. The molecule has 0 unspecified atom stereocenters. The molecule has 29 heavy (non-hydrogen) atoms. The molecule has 4 aromatic rings. The molecule has 0 bridgehead atoms. The van der Waals surface area contributed by atoms with Crippen LogP contribution in [0.1, 0.15) is 32.7 Å². The van der Waals surface area contributed by atoms with Crippen molar-refractivity contribution in [2.45, 2.75) is 27.7 Å². The quantitative estimate of drug-likeness (QED) is 0.491. The minimum absolute atomic E-state index is 0.159. The second-order valence-electron chi connectivity index (χ2n) is 7.29. The topological polar surface area (TPSA) is 59.8 Å². The molecule has 146 valence electrons.